The number of hydrogen-bond acceptors (Lipinski definition) is 3. The zero-order chi connectivity index (χ0) is 14.2. The molecule has 21 heavy (non-hydrogen) atoms. The van der Waals surface area contributed by atoms with Crippen molar-refractivity contribution in [1.29, 1.82) is 0 Å². The van der Waals surface area contributed by atoms with Gasteiger partial charge in [-0.1, -0.05) is 18.2 Å². The molecule has 0 saturated heterocycles. The zero-order valence-electron chi connectivity index (χ0n) is 12.1. The largest absolute Gasteiger partial charge is 0.316 e. The second-order valence-electron chi connectivity index (χ2n) is 5.65. The highest BCUT2D eigenvalue weighted by Crippen LogP contribution is 2.39. The molecule has 1 aliphatic rings. The molecule has 1 fully saturated rings. The molecule has 4 nitrogen and oxygen atoms in total. The van der Waals surface area contributed by atoms with Crippen molar-refractivity contribution >= 4 is 10.9 Å². The van der Waals surface area contributed by atoms with E-state index in [1.807, 2.05) is 36.1 Å². The summed E-state index contributed by atoms with van der Waals surface area (Å²) in [6.45, 7) is 0.784. The lowest BCUT2D eigenvalue weighted by Gasteiger charge is -2.10. The molecule has 4 heteroatoms. The second kappa shape index (κ2) is 4.97. The van der Waals surface area contributed by atoms with Crippen molar-refractivity contribution in [2.45, 2.75) is 25.3 Å². The fraction of sp³-hybridized carbons (Fsp3) is 0.294. The Morgan fingerprint density at radius 1 is 1.24 bits per heavy atom. The van der Waals surface area contributed by atoms with Crippen LogP contribution in [0.5, 0.6) is 0 Å². The van der Waals surface area contributed by atoms with Gasteiger partial charge in [-0.25, -0.2) is 9.67 Å². The molecule has 1 aliphatic carbocycles. The van der Waals surface area contributed by atoms with Crippen LogP contribution in [0.25, 0.3) is 16.7 Å². The van der Waals surface area contributed by atoms with Crippen molar-refractivity contribution in [3.05, 3.63) is 53.9 Å². The Kier molecular flexibility index (Phi) is 2.97. The maximum atomic E-state index is 4.82. The van der Waals surface area contributed by atoms with Crippen LogP contribution < -0.4 is 5.32 Å². The third-order valence-electron chi connectivity index (χ3n) is 3.97. The molecule has 1 N–H and O–H groups in total. The predicted molar refractivity (Wildman–Crippen MR) is 83.6 cm³/mol. The number of rotatable bonds is 4. The van der Waals surface area contributed by atoms with E-state index in [0.717, 1.165) is 17.9 Å². The van der Waals surface area contributed by atoms with E-state index in [1.165, 1.54) is 29.5 Å². The van der Waals surface area contributed by atoms with E-state index < -0.39 is 0 Å². The number of para-hydroxylation sites is 1. The van der Waals surface area contributed by atoms with Crippen LogP contribution in [0.2, 0.25) is 0 Å². The first-order valence-electron chi connectivity index (χ1n) is 7.44. The van der Waals surface area contributed by atoms with Crippen molar-refractivity contribution in [3.63, 3.8) is 0 Å². The summed E-state index contributed by atoms with van der Waals surface area (Å²) >= 11 is 0. The molecular weight excluding hydrogens is 260 g/mol. The highest BCUT2D eigenvalue weighted by Gasteiger charge is 2.26. The van der Waals surface area contributed by atoms with Gasteiger partial charge in [0.2, 0.25) is 0 Å². The summed E-state index contributed by atoms with van der Waals surface area (Å²) in [4.78, 5) is 4.82. The molecule has 1 saturated carbocycles. The lowest BCUT2D eigenvalue weighted by atomic mass is 10.1. The van der Waals surface area contributed by atoms with Crippen molar-refractivity contribution in [1.82, 2.24) is 20.1 Å². The first kappa shape index (κ1) is 12.5. The van der Waals surface area contributed by atoms with Gasteiger partial charge in [-0.2, -0.15) is 5.10 Å². The highest BCUT2D eigenvalue weighted by molar-refractivity contribution is 5.80. The number of benzene rings is 1. The number of hydrogen-bond donors (Lipinski definition) is 1. The van der Waals surface area contributed by atoms with E-state index in [0.29, 0.717) is 5.92 Å². The average Bonchev–Trinajstić information content (AvgIpc) is 3.25. The summed E-state index contributed by atoms with van der Waals surface area (Å²) in [5, 5.41) is 9.11. The standard InChI is InChI=1S/C17H18N4/c1-18-11-14-10-13-4-2-3-5-15(13)19-17(14)21-9-8-16(20-21)12-6-7-12/h2-5,8-10,12,18H,6-7,11H2,1H3. The van der Waals surface area contributed by atoms with Crippen molar-refractivity contribution in [3.8, 4) is 5.82 Å². The smallest absolute Gasteiger partial charge is 0.158 e. The first-order valence-corrected chi connectivity index (χ1v) is 7.44. The summed E-state index contributed by atoms with van der Waals surface area (Å²) in [5.41, 5.74) is 3.37. The zero-order valence-corrected chi connectivity index (χ0v) is 12.1. The average molecular weight is 278 g/mol. The van der Waals surface area contributed by atoms with Crippen molar-refractivity contribution in [2.24, 2.45) is 0 Å². The van der Waals surface area contributed by atoms with Crippen LogP contribution in [0.1, 0.15) is 30.0 Å². The third kappa shape index (κ3) is 2.32. The van der Waals surface area contributed by atoms with Crippen molar-refractivity contribution < 1.29 is 0 Å². The van der Waals surface area contributed by atoms with Crippen LogP contribution in [0.4, 0.5) is 0 Å². The summed E-state index contributed by atoms with van der Waals surface area (Å²) in [5.74, 6) is 1.59. The Bertz CT molecular complexity index is 786. The van der Waals surface area contributed by atoms with E-state index in [2.05, 4.69) is 23.5 Å². The summed E-state index contributed by atoms with van der Waals surface area (Å²) in [6, 6.07) is 12.5. The first-order chi connectivity index (χ1) is 10.3. The van der Waals surface area contributed by atoms with E-state index >= 15 is 0 Å². The van der Waals surface area contributed by atoms with Crippen LogP contribution in [-0.4, -0.2) is 21.8 Å². The van der Waals surface area contributed by atoms with E-state index in [9.17, 15) is 0 Å². The fourth-order valence-corrected chi connectivity index (χ4v) is 2.72. The van der Waals surface area contributed by atoms with E-state index in [4.69, 9.17) is 10.1 Å². The van der Waals surface area contributed by atoms with E-state index in [-0.39, 0.29) is 0 Å². The Balaban J connectivity index is 1.85. The molecular formula is C17H18N4. The molecule has 0 spiro atoms. The quantitative estimate of drug-likeness (QED) is 0.797. The molecule has 106 valence electrons. The summed E-state index contributed by atoms with van der Waals surface area (Å²) in [7, 11) is 1.96. The van der Waals surface area contributed by atoms with Gasteiger partial charge in [0.1, 0.15) is 0 Å². The monoisotopic (exact) mass is 278 g/mol. The summed E-state index contributed by atoms with van der Waals surface area (Å²) in [6.07, 6.45) is 4.57. The lowest BCUT2D eigenvalue weighted by Crippen LogP contribution is -2.11. The maximum Gasteiger partial charge on any atom is 0.158 e. The minimum absolute atomic E-state index is 0.666. The SMILES string of the molecule is CNCc1cc2ccccc2nc1-n1ccc(C2CC2)n1. The number of aromatic nitrogens is 3. The molecule has 2 aromatic heterocycles. The van der Waals surface area contributed by atoms with Gasteiger partial charge in [0.05, 0.1) is 11.2 Å². The topological polar surface area (TPSA) is 42.7 Å². The predicted octanol–water partition coefficient (Wildman–Crippen LogP) is 3.02. The number of fused-ring (bicyclic) bond motifs is 1. The number of pyridine rings is 1. The Morgan fingerprint density at radius 2 is 2.10 bits per heavy atom. The van der Waals surface area contributed by atoms with Gasteiger partial charge in [-0.05, 0) is 38.1 Å². The van der Waals surface area contributed by atoms with Gasteiger partial charge in [-0.3, -0.25) is 0 Å². The van der Waals surface area contributed by atoms with Crippen LogP contribution in [0.15, 0.2) is 42.6 Å². The van der Waals surface area contributed by atoms with Gasteiger partial charge in [0.15, 0.2) is 5.82 Å². The summed E-state index contributed by atoms with van der Waals surface area (Å²) < 4.78 is 1.92. The van der Waals surface area contributed by atoms with Crippen LogP contribution >= 0.6 is 0 Å². The van der Waals surface area contributed by atoms with Gasteiger partial charge in [-0.15, -0.1) is 0 Å². The minimum Gasteiger partial charge on any atom is -0.316 e. The molecule has 1 aromatic carbocycles. The van der Waals surface area contributed by atoms with Crippen LogP contribution in [0.3, 0.4) is 0 Å². The van der Waals surface area contributed by atoms with E-state index in [1.54, 1.807) is 0 Å². The number of nitrogens with zero attached hydrogens (tertiary/aromatic N) is 3. The van der Waals surface area contributed by atoms with Crippen molar-refractivity contribution in [2.75, 3.05) is 7.05 Å². The van der Waals surface area contributed by atoms with Gasteiger partial charge in [0, 0.05) is 29.6 Å². The molecule has 0 bridgehead atoms. The second-order valence-corrected chi connectivity index (χ2v) is 5.65. The molecule has 3 aromatic rings. The minimum atomic E-state index is 0.666. The molecule has 0 atom stereocenters. The van der Waals surface area contributed by atoms with Gasteiger partial charge in [0.25, 0.3) is 0 Å². The molecule has 0 radical (unpaired) electrons. The van der Waals surface area contributed by atoms with Gasteiger partial charge < -0.3 is 5.32 Å². The Hall–Kier alpha value is -2.20. The molecule has 2 heterocycles. The van der Waals surface area contributed by atoms with Gasteiger partial charge >= 0.3 is 0 Å². The molecule has 0 unspecified atom stereocenters. The molecule has 4 rings (SSSR count). The Labute approximate surface area is 123 Å². The fourth-order valence-electron chi connectivity index (χ4n) is 2.72. The van der Waals surface area contributed by atoms with Crippen LogP contribution in [0, 0.1) is 0 Å². The normalized spacial score (nSPS) is 14.7. The molecule has 0 aliphatic heterocycles. The van der Waals surface area contributed by atoms with Crippen LogP contribution in [-0.2, 0) is 6.54 Å². The Morgan fingerprint density at radius 3 is 2.90 bits per heavy atom. The third-order valence-corrected chi connectivity index (χ3v) is 3.97. The number of nitrogens with one attached hydrogen (secondary N) is 1. The lowest BCUT2D eigenvalue weighted by molar-refractivity contribution is 0.765. The molecule has 0 amide bonds. The highest BCUT2D eigenvalue weighted by atomic mass is 15.3. The maximum absolute atomic E-state index is 4.82.